The van der Waals surface area contributed by atoms with Gasteiger partial charge >= 0.3 is 0 Å². The molecule has 116 valence electrons. The molecule has 0 atom stereocenters. The minimum absolute atomic E-state index is 0.113. The van der Waals surface area contributed by atoms with E-state index in [9.17, 15) is 9.90 Å². The Kier molecular flexibility index (Phi) is 5.62. The zero-order valence-electron chi connectivity index (χ0n) is 12.9. The topological polar surface area (TPSA) is 49.8 Å². The number of carbonyl (C=O) groups excluding carboxylic acids is 1. The van der Waals surface area contributed by atoms with Crippen LogP contribution in [0.15, 0.2) is 24.3 Å². The average Bonchev–Trinajstić information content (AvgIpc) is 2.48. The maximum absolute atomic E-state index is 12.0. The first kappa shape index (κ1) is 15.8. The van der Waals surface area contributed by atoms with Crippen LogP contribution in [0, 0.1) is 0 Å². The Bertz CT molecular complexity index is 465. The fourth-order valence-electron chi connectivity index (χ4n) is 2.49. The Morgan fingerprint density at radius 1 is 1.38 bits per heavy atom. The first-order valence-corrected chi connectivity index (χ1v) is 7.75. The number of ether oxygens (including phenoxy) is 1. The fourth-order valence-corrected chi connectivity index (χ4v) is 2.49. The van der Waals surface area contributed by atoms with Crippen LogP contribution >= 0.6 is 0 Å². The molecule has 1 aliphatic heterocycles. The molecule has 1 N–H and O–H groups in total. The molecule has 4 heteroatoms. The van der Waals surface area contributed by atoms with Crippen LogP contribution in [0.2, 0.25) is 0 Å². The molecule has 1 amide bonds. The van der Waals surface area contributed by atoms with Crippen molar-refractivity contribution in [3.8, 4) is 5.75 Å². The summed E-state index contributed by atoms with van der Waals surface area (Å²) in [6, 6.07) is 8.03. The molecule has 1 saturated heterocycles. The number of hydrogen-bond donors (Lipinski definition) is 1. The van der Waals surface area contributed by atoms with E-state index < -0.39 is 0 Å². The summed E-state index contributed by atoms with van der Waals surface area (Å²) < 4.78 is 5.68. The highest BCUT2D eigenvalue weighted by Gasteiger charge is 2.20. The third-order valence-corrected chi connectivity index (χ3v) is 3.93. The molecule has 0 bridgehead atoms. The van der Waals surface area contributed by atoms with Crippen molar-refractivity contribution in [2.24, 2.45) is 0 Å². The first-order chi connectivity index (χ1) is 10.1. The number of amides is 1. The van der Waals surface area contributed by atoms with Crippen molar-refractivity contribution in [3.05, 3.63) is 29.8 Å². The van der Waals surface area contributed by atoms with Gasteiger partial charge in [0.25, 0.3) is 0 Å². The minimum atomic E-state index is -0.246. The summed E-state index contributed by atoms with van der Waals surface area (Å²) >= 11 is 0. The van der Waals surface area contributed by atoms with Crippen molar-refractivity contribution in [1.29, 1.82) is 0 Å². The van der Waals surface area contributed by atoms with E-state index in [0.29, 0.717) is 44.9 Å². The molecule has 1 heterocycles. The predicted octanol–water partition coefficient (Wildman–Crippen LogP) is 2.56. The lowest BCUT2D eigenvalue weighted by Crippen LogP contribution is -2.40. The molecule has 1 aromatic carbocycles. The number of aliphatic hydroxyl groups excluding tert-OH is 1. The van der Waals surface area contributed by atoms with Crippen LogP contribution in [-0.2, 0) is 4.79 Å². The highest BCUT2D eigenvalue weighted by molar-refractivity contribution is 5.76. The molecule has 0 aliphatic carbocycles. The number of benzene rings is 1. The van der Waals surface area contributed by atoms with E-state index in [-0.39, 0.29) is 12.0 Å². The Hall–Kier alpha value is -1.55. The van der Waals surface area contributed by atoms with Crippen LogP contribution in [0.1, 0.15) is 44.6 Å². The summed E-state index contributed by atoms with van der Waals surface area (Å²) in [7, 11) is 0. The van der Waals surface area contributed by atoms with E-state index in [1.807, 2.05) is 23.1 Å². The number of rotatable bonds is 5. The monoisotopic (exact) mass is 291 g/mol. The van der Waals surface area contributed by atoms with Gasteiger partial charge in [-0.25, -0.2) is 0 Å². The molecule has 1 aromatic rings. The third kappa shape index (κ3) is 4.74. The molecule has 0 saturated carbocycles. The second kappa shape index (κ2) is 7.46. The number of hydrogen-bond acceptors (Lipinski definition) is 3. The van der Waals surface area contributed by atoms with Crippen LogP contribution < -0.4 is 4.74 Å². The van der Waals surface area contributed by atoms with Gasteiger partial charge in [0.1, 0.15) is 5.75 Å². The molecule has 0 aromatic heterocycles. The number of aliphatic hydroxyl groups is 1. The predicted molar refractivity (Wildman–Crippen MR) is 82.5 cm³/mol. The van der Waals surface area contributed by atoms with Crippen LogP contribution in [0.25, 0.3) is 0 Å². The van der Waals surface area contributed by atoms with Crippen molar-refractivity contribution >= 4 is 5.91 Å². The molecular formula is C17H25NO3. The van der Waals surface area contributed by atoms with Crippen LogP contribution in [0.4, 0.5) is 0 Å². The van der Waals surface area contributed by atoms with E-state index in [4.69, 9.17) is 4.74 Å². The Labute approximate surface area is 126 Å². The largest absolute Gasteiger partial charge is 0.493 e. The SMILES string of the molecule is CC(C)c1cccc(OCCC(=O)N2CCC(O)CC2)c1. The Balaban J connectivity index is 1.76. The number of piperidine rings is 1. The minimum Gasteiger partial charge on any atom is -0.493 e. The van der Waals surface area contributed by atoms with E-state index in [1.165, 1.54) is 5.56 Å². The van der Waals surface area contributed by atoms with Crippen LogP contribution in [0.5, 0.6) is 5.75 Å². The molecular weight excluding hydrogens is 266 g/mol. The molecule has 1 aliphatic rings. The summed E-state index contributed by atoms with van der Waals surface area (Å²) in [6.07, 6.45) is 1.51. The number of likely N-dealkylation sites (tertiary alicyclic amines) is 1. The second-order valence-electron chi connectivity index (χ2n) is 5.94. The first-order valence-electron chi connectivity index (χ1n) is 7.75. The van der Waals surface area contributed by atoms with Gasteiger partial charge in [0.05, 0.1) is 19.1 Å². The van der Waals surface area contributed by atoms with Gasteiger partial charge in [0.2, 0.25) is 5.91 Å². The van der Waals surface area contributed by atoms with Crippen molar-refractivity contribution in [2.75, 3.05) is 19.7 Å². The lowest BCUT2D eigenvalue weighted by atomic mass is 10.0. The van der Waals surface area contributed by atoms with E-state index in [2.05, 4.69) is 19.9 Å². The van der Waals surface area contributed by atoms with E-state index in [0.717, 1.165) is 5.75 Å². The molecule has 21 heavy (non-hydrogen) atoms. The average molecular weight is 291 g/mol. The number of nitrogens with zero attached hydrogens (tertiary/aromatic N) is 1. The molecule has 2 rings (SSSR count). The summed E-state index contributed by atoms with van der Waals surface area (Å²) in [6.45, 7) is 6.01. The normalized spacial score (nSPS) is 16.3. The summed E-state index contributed by atoms with van der Waals surface area (Å²) in [5.74, 6) is 1.40. The van der Waals surface area contributed by atoms with E-state index in [1.54, 1.807) is 0 Å². The van der Waals surface area contributed by atoms with Crippen molar-refractivity contribution in [1.82, 2.24) is 4.90 Å². The Morgan fingerprint density at radius 2 is 2.10 bits per heavy atom. The lowest BCUT2D eigenvalue weighted by Gasteiger charge is -2.29. The van der Waals surface area contributed by atoms with Gasteiger partial charge in [-0.3, -0.25) is 4.79 Å². The smallest absolute Gasteiger partial charge is 0.226 e. The Morgan fingerprint density at radius 3 is 2.76 bits per heavy atom. The van der Waals surface area contributed by atoms with Gasteiger partial charge in [-0.15, -0.1) is 0 Å². The third-order valence-electron chi connectivity index (χ3n) is 3.93. The zero-order valence-corrected chi connectivity index (χ0v) is 12.9. The van der Waals surface area contributed by atoms with Crippen molar-refractivity contribution < 1.29 is 14.6 Å². The van der Waals surface area contributed by atoms with Gasteiger partial charge in [-0.05, 0) is 36.5 Å². The molecule has 0 unspecified atom stereocenters. The maximum Gasteiger partial charge on any atom is 0.226 e. The van der Waals surface area contributed by atoms with Crippen LogP contribution in [-0.4, -0.2) is 41.7 Å². The molecule has 1 fully saturated rings. The fraction of sp³-hybridized carbons (Fsp3) is 0.588. The lowest BCUT2D eigenvalue weighted by molar-refractivity contribution is -0.133. The summed E-state index contributed by atoms with van der Waals surface area (Å²) in [5.41, 5.74) is 1.24. The van der Waals surface area contributed by atoms with Crippen LogP contribution in [0.3, 0.4) is 0 Å². The van der Waals surface area contributed by atoms with Gasteiger partial charge in [0.15, 0.2) is 0 Å². The highest BCUT2D eigenvalue weighted by Crippen LogP contribution is 2.20. The van der Waals surface area contributed by atoms with Gasteiger partial charge in [-0.1, -0.05) is 26.0 Å². The molecule has 4 nitrogen and oxygen atoms in total. The van der Waals surface area contributed by atoms with Crippen molar-refractivity contribution in [2.45, 2.75) is 45.1 Å². The molecule has 0 spiro atoms. The van der Waals surface area contributed by atoms with E-state index >= 15 is 0 Å². The summed E-state index contributed by atoms with van der Waals surface area (Å²) in [4.78, 5) is 13.9. The maximum atomic E-state index is 12.0. The highest BCUT2D eigenvalue weighted by atomic mass is 16.5. The van der Waals surface area contributed by atoms with Gasteiger partial charge < -0.3 is 14.7 Å². The quantitative estimate of drug-likeness (QED) is 0.907. The van der Waals surface area contributed by atoms with Crippen molar-refractivity contribution in [3.63, 3.8) is 0 Å². The zero-order chi connectivity index (χ0) is 15.2. The number of carbonyl (C=O) groups is 1. The standard InChI is InChI=1S/C17H25NO3/c1-13(2)14-4-3-5-16(12-14)21-11-8-17(20)18-9-6-15(19)7-10-18/h3-5,12-13,15,19H,6-11H2,1-2H3. The molecule has 0 radical (unpaired) electrons. The second-order valence-corrected chi connectivity index (χ2v) is 5.94. The van der Waals surface area contributed by atoms with Gasteiger partial charge in [-0.2, -0.15) is 0 Å². The summed E-state index contributed by atoms with van der Waals surface area (Å²) in [5, 5.41) is 9.44. The van der Waals surface area contributed by atoms with Gasteiger partial charge in [0, 0.05) is 13.1 Å².